The molecule has 7 heteroatoms. The van der Waals surface area contributed by atoms with Crippen LogP contribution in [0.4, 0.5) is 11.4 Å². The number of hydrogen-bond acceptors (Lipinski definition) is 5. The van der Waals surface area contributed by atoms with E-state index < -0.39 is 10.8 Å². The molecule has 1 atom stereocenters. The van der Waals surface area contributed by atoms with Crippen LogP contribution in [0.15, 0.2) is 18.2 Å². The normalized spacial score (nSPS) is 22.3. The van der Waals surface area contributed by atoms with E-state index in [1.165, 1.54) is 18.9 Å². The van der Waals surface area contributed by atoms with Gasteiger partial charge in [-0.1, -0.05) is 0 Å². The summed E-state index contributed by atoms with van der Waals surface area (Å²) in [7, 11) is 0. The summed E-state index contributed by atoms with van der Waals surface area (Å²) in [6.45, 7) is 2.71. The Balaban J connectivity index is 1.74. The predicted molar refractivity (Wildman–Crippen MR) is 87.6 cm³/mol. The molecule has 0 bridgehead atoms. The van der Waals surface area contributed by atoms with E-state index in [-0.39, 0.29) is 11.3 Å². The molecule has 0 saturated carbocycles. The number of anilines is 1. The highest BCUT2D eigenvalue weighted by atomic mass is 16.6. The van der Waals surface area contributed by atoms with Crippen molar-refractivity contribution in [1.82, 2.24) is 5.32 Å². The molecule has 0 aliphatic carbocycles. The van der Waals surface area contributed by atoms with E-state index in [9.17, 15) is 14.9 Å². The van der Waals surface area contributed by atoms with Crippen LogP contribution in [-0.2, 0) is 0 Å². The van der Waals surface area contributed by atoms with Crippen molar-refractivity contribution in [2.75, 3.05) is 24.5 Å². The summed E-state index contributed by atoms with van der Waals surface area (Å²) in [5.74, 6) is 0.00312. The molecule has 0 aromatic heterocycles. The first kappa shape index (κ1) is 15.7. The molecule has 1 unspecified atom stereocenters. The average molecular weight is 318 g/mol. The molecule has 7 nitrogen and oxygen atoms in total. The number of nitrogens with one attached hydrogen (secondary N) is 1. The molecule has 2 saturated heterocycles. The molecule has 2 fully saturated rings. The van der Waals surface area contributed by atoms with Gasteiger partial charge < -0.3 is 16.0 Å². The molecule has 124 valence electrons. The molecule has 1 aromatic carbocycles. The van der Waals surface area contributed by atoms with Crippen molar-refractivity contribution >= 4 is 17.3 Å². The van der Waals surface area contributed by atoms with Crippen LogP contribution >= 0.6 is 0 Å². The van der Waals surface area contributed by atoms with Gasteiger partial charge in [-0.25, -0.2) is 0 Å². The first-order valence-corrected chi connectivity index (χ1v) is 8.13. The second-order valence-electron chi connectivity index (χ2n) is 6.35. The molecule has 2 aliphatic heterocycles. The number of nitrogens with two attached hydrogens (primary N) is 1. The Morgan fingerprint density at radius 1 is 1.30 bits per heavy atom. The summed E-state index contributed by atoms with van der Waals surface area (Å²) in [5.41, 5.74) is 5.93. The maximum Gasteiger partial charge on any atom is 0.293 e. The highest BCUT2D eigenvalue weighted by molar-refractivity contribution is 5.94. The quantitative estimate of drug-likeness (QED) is 0.649. The third-order valence-corrected chi connectivity index (χ3v) is 5.00. The number of nitro benzene ring substituents is 1. The zero-order valence-electron chi connectivity index (χ0n) is 13.0. The highest BCUT2D eigenvalue weighted by Crippen LogP contribution is 2.34. The summed E-state index contributed by atoms with van der Waals surface area (Å²) in [6, 6.07) is 5.09. The number of rotatable bonds is 4. The summed E-state index contributed by atoms with van der Waals surface area (Å²) in [6.07, 6.45) is 4.54. The first-order valence-electron chi connectivity index (χ1n) is 8.13. The van der Waals surface area contributed by atoms with Crippen molar-refractivity contribution in [2.45, 2.75) is 31.7 Å². The number of primary amides is 1. The highest BCUT2D eigenvalue weighted by Gasteiger charge is 2.30. The SMILES string of the molecule is NC(=O)c1ccc(N2CCC(C3CCCN3)CC2)c([N+](=O)[O-])c1. The van der Waals surface area contributed by atoms with E-state index in [0.717, 1.165) is 32.5 Å². The number of carbonyl (C=O) groups is 1. The van der Waals surface area contributed by atoms with Crippen LogP contribution in [0.1, 0.15) is 36.0 Å². The Kier molecular flexibility index (Phi) is 4.47. The van der Waals surface area contributed by atoms with E-state index in [4.69, 9.17) is 5.73 Å². The monoisotopic (exact) mass is 318 g/mol. The van der Waals surface area contributed by atoms with Crippen molar-refractivity contribution in [1.29, 1.82) is 0 Å². The van der Waals surface area contributed by atoms with Gasteiger partial charge in [-0.2, -0.15) is 0 Å². The molecule has 3 N–H and O–H groups in total. The fourth-order valence-corrected chi connectivity index (χ4v) is 3.75. The zero-order valence-corrected chi connectivity index (χ0v) is 13.0. The maximum absolute atomic E-state index is 11.3. The standard InChI is InChI=1S/C16H22N4O3/c17-16(21)12-3-4-14(15(10-12)20(22)23)19-8-5-11(6-9-19)13-2-1-7-18-13/h3-4,10-11,13,18H,1-2,5-9H2,(H2,17,21). The summed E-state index contributed by atoms with van der Waals surface area (Å²) < 4.78 is 0. The van der Waals surface area contributed by atoms with E-state index in [1.807, 2.05) is 4.90 Å². The minimum Gasteiger partial charge on any atom is -0.366 e. The number of hydrogen-bond donors (Lipinski definition) is 2. The lowest BCUT2D eigenvalue weighted by Crippen LogP contribution is -2.41. The molecule has 3 rings (SSSR count). The van der Waals surface area contributed by atoms with Crippen LogP contribution in [0.25, 0.3) is 0 Å². The van der Waals surface area contributed by atoms with Gasteiger partial charge in [0.25, 0.3) is 5.69 Å². The van der Waals surface area contributed by atoms with Crippen molar-refractivity contribution in [2.24, 2.45) is 11.7 Å². The molecule has 0 spiro atoms. The fourth-order valence-electron chi connectivity index (χ4n) is 3.75. The van der Waals surface area contributed by atoms with Crippen LogP contribution in [-0.4, -0.2) is 36.5 Å². The molecular weight excluding hydrogens is 296 g/mol. The third kappa shape index (κ3) is 3.29. The lowest BCUT2D eigenvalue weighted by Gasteiger charge is -2.36. The number of carbonyl (C=O) groups excluding carboxylic acids is 1. The number of nitrogens with zero attached hydrogens (tertiary/aromatic N) is 2. The minimum absolute atomic E-state index is 0.0428. The Labute approximate surface area is 135 Å². The Bertz CT molecular complexity index is 605. The molecule has 1 amide bonds. The van der Waals surface area contributed by atoms with Gasteiger partial charge in [0, 0.05) is 30.8 Å². The number of nitro groups is 1. The molecule has 23 heavy (non-hydrogen) atoms. The van der Waals surface area contributed by atoms with E-state index in [0.29, 0.717) is 17.6 Å². The first-order chi connectivity index (χ1) is 11.1. The van der Waals surface area contributed by atoms with Crippen LogP contribution in [0, 0.1) is 16.0 Å². The van der Waals surface area contributed by atoms with Crippen LogP contribution < -0.4 is 16.0 Å². The minimum atomic E-state index is -0.648. The van der Waals surface area contributed by atoms with Gasteiger partial charge in [0.15, 0.2) is 0 Å². The summed E-state index contributed by atoms with van der Waals surface area (Å²) in [4.78, 5) is 24.2. The number of amides is 1. The van der Waals surface area contributed by atoms with Crippen molar-refractivity contribution < 1.29 is 9.72 Å². The fraction of sp³-hybridized carbons (Fsp3) is 0.562. The lowest BCUT2D eigenvalue weighted by atomic mass is 9.88. The lowest BCUT2D eigenvalue weighted by molar-refractivity contribution is -0.384. The topological polar surface area (TPSA) is 102 Å². The van der Waals surface area contributed by atoms with Crippen LogP contribution in [0.5, 0.6) is 0 Å². The van der Waals surface area contributed by atoms with Gasteiger partial charge >= 0.3 is 0 Å². The van der Waals surface area contributed by atoms with Crippen molar-refractivity contribution in [3.05, 3.63) is 33.9 Å². The summed E-state index contributed by atoms with van der Waals surface area (Å²) in [5, 5.41) is 14.9. The zero-order chi connectivity index (χ0) is 16.4. The summed E-state index contributed by atoms with van der Waals surface area (Å²) >= 11 is 0. The molecule has 2 heterocycles. The van der Waals surface area contributed by atoms with Gasteiger partial charge in [0.2, 0.25) is 5.91 Å². The van der Waals surface area contributed by atoms with E-state index >= 15 is 0 Å². The van der Waals surface area contributed by atoms with Crippen LogP contribution in [0.3, 0.4) is 0 Å². The van der Waals surface area contributed by atoms with E-state index in [1.54, 1.807) is 12.1 Å². The van der Waals surface area contributed by atoms with Gasteiger partial charge in [0.1, 0.15) is 5.69 Å². The van der Waals surface area contributed by atoms with Gasteiger partial charge in [-0.15, -0.1) is 0 Å². The molecule has 0 radical (unpaired) electrons. The van der Waals surface area contributed by atoms with Gasteiger partial charge in [-0.3, -0.25) is 14.9 Å². The number of benzene rings is 1. The Morgan fingerprint density at radius 2 is 2.04 bits per heavy atom. The van der Waals surface area contributed by atoms with Crippen LogP contribution in [0.2, 0.25) is 0 Å². The molecule has 1 aromatic rings. The number of piperidine rings is 1. The second-order valence-corrected chi connectivity index (χ2v) is 6.35. The molecule has 2 aliphatic rings. The Morgan fingerprint density at radius 3 is 2.61 bits per heavy atom. The molecular formula is C16H22N4O3. The van der Waals surface area contributed by atoms with Crippen molar-refractivity contribution in [3.8, 4) is 0 Å². The largest absolute Gasteiger partial charge is 0.366 e. The average Bonchev–Trinajstić information content (AvgIpc) is 3.09. The predicted octanol–water partition coefficient (Wildman–Crippen LogP) is 1.66. The Hall–Kier alpha value is -2.15. The smallest absolute Gasteiger partial charge is 0.293 e. The van der Waals surface area contributed by atoms with Crippen molar-refractivity contribution in [3.63, 3.8) is 0 Å². The maximum atomic E-state index is 11.3. The van der Waals surface area contributed by atoms with Gasteiger partial charge in [0.05, 0.1) is 4.92 Å². The van der Waals surface area contributed by atoms with E-state index in [2.05, 4.69) is 5.32 Å². The third-order valence-electron chi connectivity index (χ3n) is 5.00. The van der Waals surface area contributed by atoms with Gasteiger partial charge in [-0.05, 0) is 50.3 Å². The second kappa shape index (κ2) is 6.54.